The lowest BCUT2D eigenvalue weighted by molar-refractivity contribution is -0.130. The average Bonchev–Trinajstić information content (AvgIpc) is 3.10. The van der Waals surface area contributed by atoms with E-state index in [1.165, 1.54) is 29.2 Å². The number of nitrogens with one attached hydrogen (secondary N) is 1. The van der Waals surface area contributed by atoms with E-state index in [1.54, 1.807) is 4.90 Å². The van der Waals surface area contributed by atoms with Crippen LogP contribution < -0.4 is 16.0 Å². The summed E-state index contributed by atoms with van der Waals surface area (Å²) in [6.45, 7) is 1.08. The van der Waals surface area contributed by atoms with E-state index in [9.17, 15) is 14.4 Å². The van der Waals surface area contributed by atoms with Gasteiger partial charge in [-0.15, -0.1) is 0 Å². The van der Waals surface area contributed by atoms with Gasteiger partial charge in [0.2, 0.25) is 11.6 Å². The Morgan fingerprint density at radius 1 is 1.38 bits per heavy atom. The first-order chi connectivity index (χ1) is 12.6. The maximum atomic E-state index is 12.3. The molecule has 3 heterocycles. The van der Waals surface area contributed by atoms with Crippen molar-refractivity contribution in [3.63, 3.8) is 0 Å². The smallest absolute Gasteiger partial charge is 0.328 e. The minimum absolute atomic E-state index is 0.106. The standard InChI is InChI=1S/C16H16N6O4/c17-9-12-15(19-5-4-18-12)26-11-1-6-22(10-11)14(24)3-8-21-7-2-13(23)20-16(21)25/h2,4-5,7,11H,1,3,6,8,10H2,(H,20,23,25)/t11-/m0/s1. The predicted octanol–water partition coefficient (Wildman–Crippen LogP) is -0.732. The number of aromatic nitrogens is 4. The molecule has 26 heavy (non-hydrogen) atoms. The van der Waals surface area contributed by atoms with Crippen LogP contribution in [0.25, 0.3) is 0 Å². The third-order valence-electron chi connectivity index (χ3n) is 4.01. The number of rotatable bonds is 5. The number of carbonyl (C=O) groups excluding carboxylic acids is 1. The number of hydrogen-bond donors (Lipinski definition) is 1. The predicted molar refractivity (Wildman–Crippen MR) is 88.3 cm³/mol. The van der Waals surface area contributed by atoms with Crippen molar-refractivity contribution in [1.82, 2.24) is 24.4 Å². The number of nitriles is 1. The Morgan fingerprint density at radius 3 is 2.96 bits per heavy atom. The number of H-pyrrole nitrogens is 1. The molecule has 1 saturated heterocycles. The van der Waals surface area contributed by atoms with Crippen LogP contribution in [0.2, 0.25) is 0 Å². The molecule has 1 fully saturated rings. The fraction of sp³-hybridized carbons (Fsp3) is 0.375. The largest absolute Gasteiger partial charge is 0.470 e. The lowest BCUT2D eigenvalue weighted by Gasteiger charge is -2.17. The van der Waals surface area contributed by atoms with Gasteiger partial charge in [0.05, 0.1) is 6.54 Å². The van der Waals surface area contributed by atoms with Crippen LogP contribution in [-0.2, 0) is 11.3 Å². The molecular formula is C16H16N6O4. The first-order valence-corrected chi connectivity index (χ1v) is 8.02. The van der Waals surface area contributed by atoms with Crippen molar-refractivity contribution in [1.29, 1.82) is 5.26 Å². The molecule has 0 unspecified atom stereocenters. The van der Waals surface area contributed by atoms with Crippen LogP contribution in [-0.4, -0.2) is 49.5 Å². The second-order valence-electron chi connectivity index (χ2n) is 5.74. The Morgan fingerprint density at radius 2 is 2.19 bits per heavy atom. The molecule has 0 bridgehead atoms. The molecule has 1 aliphatic rings. The van der Waals surface area contributed by atoms with Gasteiger partial charge in [-0.05, 0) is 0 Å². The maximum absolute atomic E-state index is 12.3. The highest BCUT2D eigenvalue weighted by molar-refractivity contribution is 5.76. The minimum Gasteiger partial charge on any atom is -0.470 e. The fourth-order valence-electron chi connectivity index (χ4n) is 2.69. The van der Waals surface area contributed by atoms with Gasteiger partial charge in [-0.1, -0.05) is 0 Å². The van der Waals surface area contributed by atoms with Gasteiger partial charge in [0.1, 0.15) is 12.2 Å². The Labute approximate surface area is 147 Å². The molecule has 1 aliphatic heterocycles. The molecule has 134 valence electrons. The molecule has 0 aromatic carbocycles. The van der Waals surface area contributed by atoms with E-state index in [0.29, 0.717) is 19.5 Å². The van der Waals surface area contributed by atoms with Gasteiger partial charge >= 0.3 is 5.69 Å². The van der Waals surface area contributed by atoms with E-state index >= 15 is 0 Å². The van der Waals surface area contributed by atoms with Crippen LogP contribution in [0.1, 0.15) is 18.5 Å². The zero-order valence-corrected chi connectivity index (χ0v) is 13.8. The summed E-state index contributed by atoms with van der Waals surface area (Å²) >= 11 is 0. The third-order valence-corrected chi connectivity index (χ3v) is 4.01. The number of aryl methyl sites for hydroxylation is 1. The van der Waals surface area contributed by atoms with Crippen molar-refractivity contribution >= 4 is 5.91 Å². The molecule has 0 aliphatic carbocycles. The Bertz CT molecular complexity index is 960. The van der Waals surface area contributed by atoms with Crippen LogP contribution in [0.5, 0.6) is 5.88 Å². The molecule has 3 rings (SSSR count). The number of hydrogen-bond acceptors (Lipinski definition) is 7. The van der Waals surface area contributed by atoms with Crippen LogP contribution in [0.15, 0.2) is 34.2 Å². The summed E-state index contributed by atoms with van der Waals surface area (Å²) in [6, 6.07) is 3.15. The molecule has 1 N–H and O–H groups in total. The number of ether oxygens (including phenoxy) is 1. The highest BCUT2D eigenvalue weighted by Gasteiger charge is 2.28. The second-order valence-corrected chi connectivity index (χ2v) is 5.74. The van der Waals surface area contributed by atoms with Crippen molar-refractivity contribution in [3.05, 3.63) is 51.2 Å². The molecule has 10 nitrogen and oxygen atoms in total. The van der Waals surface area contributed by atoms with Crippen molar-refractivity contribution in [2.45, 2.75) is 25.5 Å². The zero-order valence-electron chi connectivity index (χ0n) is 13.8. The summed E-state index contributed by atoms with van der Waals surface area (Å²) in [5, 5.41) is 9.00. The first kappa shape index (κ1) is 17.3. The first-order valence-electron chi connectivity index (χ1n) is 8.02. The maximum Gasteiger partial charge on any atom is 0.328 e. The van der Waals surface area contributed by atoms with E-state index in [2.05, 4.69) is 15.0 Å². The molecule has 2 aromatic heterocycles. The van der Waals surface area contributed by atoms with Crippen LogP contribution in [0, 0.1) is 11.3 Å². The quantitative estimate of drug-likeness (QED) is 0.746. The van der Waals surface area contributed by atoms with Gasteiger partial charge in [0.15, 0.2) is 0 Å². The summed E-state index contributed by atoms with van der Waals surface area (Å²) in [5.41, 5.74) is -0.910. The summed E-state index contributed by atoms with van der Waals surface area (Å²) in [7, 11) is 0. The van der Waals surface area contributed by atoms with E-state index in [0.717, 1.165) is 0 Å². The highest BCUT2D eigenvalue weighted by Crippen LogP contribution is 2.19. The number of carbonyl (C=O) groups is 1. The van der Waals surface area contributed by atoms with E-state index in [-0.39, 0.29) is 36.6 Å². The third kappa shape index (κ3) is 3.94. The van der Waals surface area contributed by atoms with E-state index < -0.39 is 11.2 Å². The summed E-state index contributed by atoms with van der Waals surface area (Å²) < 4.78 is 6.97. The normalized spacial score (nSPS) is 16.3. The second kappa shape index (κ2) is 7.60. The number of amides is 1. The Balaban J connectivity index is 1.55. The van der Waals surface area contributed by atoms with Gasteiger partial charge < -0.3 is 14.2 Å². The van der Waals surface area contributed by atoms with E-state index in [4.69, 9.17) is 10.00 Å². The summed E-state index contributed by atoms with van der Waals surface area (Å²) in [6.07, 6.45) is 4.70. The topological polar surface area (TPSA) is 134 Å². The number of likely N-dealkylation sites (tertiary alicyclic amines) is 1. The van der Waals surface area contributed by atoms with Crippen LogP contribution in [0.4, 0.5) is 0 Å². The number of nitrogens with zero attached hydrogens (tertiary/aromatic N) is 5. The Hall–Kier alpha value is -3.48. The number of aromatic amines is 1. The SMILES string of the molecule is N#Cc1nccnc1O[C@H]1CCN(C(=O)CCn2ccc(=O)[nH]c2=O)C1. The van der Waals surface area contributed by atoms with Gasteiger partial charge in [-0.2, -0.15) is 5.26 Å². The van der Waals surface area contributed by atoms with Crippen molar-refractivity contribution < 1.29 is 9.53 Å². The molecular weight excluding hydrogens is 340 g/mol. The van der Waals surface area contributed by atoms with Gasteiger partial charge in [-0.3, -0.25) is 14.6 Å². The monoisotopic (exact) mass is 356 g/mol. The lowest BCUT2D eigenvalue weighted by atomic mass is 10.3. The molecule has 2 aromatic rings. The molecule has 1 atom stereocenters. The van der Waals surface area contributed by atoms with Crippen LogP contribution >= 0.6 is 0 Å². The summed E-state index contributed by atoms with van der Waals surface area (Å²) in [5.74, 6) is 0.0444. The molecule has 0 radical (unpaired) electrons. The van der Waals surface area contributed by atoms with Crippen molar-refractivity contribution in [3.8, 4) is 11.9 Å². The zero-order chi connectivity index (χ0) is 18.5. The molecule has 0 saturated carbocycles. The van der Waals surface area contributed by atoms with E-state index in [1.807, 2.05) is 6.07 Å². The molecule has 10 heteroatoms. The lowest BCUT2D eigenvalue weighted by Crippen LogP contribution is -2.34. The molecule has 1 amide bonds. The van der Waals surface area contributed by atoms with Crippen molar-refractivity contribution in [2.75, 3.05) is 13.1 Å². The van der Waals surface area contributed by atoms with Gasteiger partial charge in [-0.25, -0.2) is 14.8 Å². The highest BCUT2D eigenvalue weighted by atomic mass is 16.5. The fourth-order valence-corrected chi connectivity index (χ4v) is 2.69. The average molecular weight is 356 g/mol. The Kier molecular flexibility index (Phi) is 5.07. The molecule has 0 spiro atoms. The minimum atomic E-state index is -0.542. The van der Waals surface area contributed by atoms with Gasteiger partial charge in [0, 0.05) is 50.6 Å². The van der Waals surface area contributed by atoms with Crippen molar-refractivity contribution in [2.24, 2.45) is 0 Å². The van der Waals surface area contributed by atoms with Crippen LogP contribution in [0.3, 0.4) is 0 Å². The van der Waals surface area contributed by atoms with Gasteiger partial charge in [0.25, 0.3) is 11.4 Å². The summed E-state index contributed by atoms with van der Waals surface area (Å²) in [4.78, 5) is 46.6.